The Bertz CT molecular complexity index is 633. The summed E-state index contributed by atoms with van der Waals surface area (Å²) in [5.41, 5.74) is 6.63. The molecule has 0 saturated heterocycles. The molecular formula is C14H16N2O4S. The minimum Gasteiger partial charge on any atom is -0.481 e. The Morgan fingerprint density at radius 2 is 1.90 bits per heavy atom. The number of hydrogen-bond donors (Lipinski definition) is 3. The van der Waals surface area contributed by atoms with Gasteiger partial charge in [0.15, 0.2) is 0 Å². The summed E-state index contributed by atoms with van der Waals surface area (Å²) in [6, 6.07) is 0. The molecule has 2 aliphatic carbocycles. The third kappa shape index (κ3) is 2.65. The minimum atomic E-state index is -0.821. The fraction of sp³-hybridized carbons (Fsp3) is 0.500. The van der Waals surface area contributed by atoms with Crippen LogP contribution in [0.25, 0.3) is 0 Å². The van der Waals surface area contributed by atoms with E-state index in [9.17, 15) is 14.4 Å². The lowest BCUT2D eigenvalue weighted by Crippen LogP contribution is -2.23. The predicted molar refractivity (Wildman–Crippen MR) is 77.3 cm³/mol. The van der Waals surface area contributed by atoms with E-state index in [4.69, 9.17) is 10.8 Å². The number of carbonyl (C=O) groups excluding carboxylic acids is 2. The van der Waals surface area contributed by atoms with Crippen molar-refractivity contribution in [2.24, 2.45) is 17.6 Å². The molecule has 1 fully saturated rings. The van der Waals surface area contributed by atoms with E-state index in [0.717, 1.165) is 23.3 Å². The number of fused-ring (bicyclic) bond motifs is 1. The molecule has 3 rings (SSSR count). The molecule has 7 heteroatoms. The second-order valence-electron chi connectivity index (χ2n) is 5.61. The number of anilines is 1. The van der Waals surface area contributed by atoms with Crippen LogP contribution >= 0.6 is 11.3 Å². The molecule has 1 aromatic rings. The van der Waals surface area contributed by atoms with Crippen LogP contribution in [-0.2, 0) is 22.4 Å². The van der Waals surface area contributed by atoms with Gasteiger partial charge < -0.3 is 16.2 Å². The molecule has 0 aliphatic heterocycles. The second-order valence-corrected chi connectivity index (χ2v) is 6.72. The van der Waals surface area contributed by atoms with Gasteiger partial charge in [0.1, 0.15) is 5.00 Å². The van der Waals surface area contributed by atoms with Gasteiger partial charge in [0.2, 0.25) is 5.91 Å². The Labute approximate surface area is 125 Å². The quantitative estimate of drug-likeness (QED) is 0.780. The molecule has 2 amide bonds. The lowest BCUT2D eigenvalue weighted by atomic mass is 9.87. The van der Waals surface area contributed by atoms with Crippen LogP contribution in [0.4, 0.5) is 5.00 Å². The van der Waals surface area contributed by atoms with Crippen LogP contribution in [0.1, 0.15) is 40.1 Å². The molecule has 112 valence electrons. The Morgan fingerprint density at radius 3 is 2.48 bits per heavy atom. The first-order valence-electron chi connectivity index (χ1n) is 6.95. The van der Waals surface area contributed by atoms with E-state index >= 15 is 0 Å². The Morgan fingerprint density at radius 1 is 1.19 bits per heavy atom. The molecule has 1 unspecified atom stereocenters. The largest absolute Gasteiger partial charge is 0.481 e. The van der Waals surface area contributed by atoms with Crippen molar-refractivity contribution in [1.29, 1.82) is 0 Å². The molecule has 4 N–H and O–H groups in total. The van der Waals surface area contributed by atoms with Crippen molar-refractivity contribution in [3.63, 3.8) is 0 Å². The van der Waals surface area contributed by atoms with Gasteiger partial charge in [-0.05, 0) is 37.7 Å². The number of nitrogens with one attached hydrogen (secondary N) is 1. The van der Waals surface area contributed by atoms with Gasteiger partial charge in [-0.2, -0.15) is 0 Å². The van der Waals surface area contributed by atoms with Crippen molar-refractivity contribution in [2.45, 2.75) is 32.1 Å². The number of aliphatic carboxylic acids is 1. The third-order valence-electron chi connectivity index (χ3n) is 4.05. The van der Waals surface area contributed by atoms with Gasteiger partial charge in [0.25, 0.3) is 5.91 Å². The maximum absolute atomic E-state index is 11.9. The summed E-state index contributed by atoms with van der Waals surface area (Å²) in [6.45, 7) is 0. The van der Waals surface area contributed by atoms with E-state index in [2.05, 4.69) is 5.32 Å². The SMILES string of the molecule is NC(=O)c1c(NC(=O)C2CC2)sc2c1CCC(C(=O)O)C2. The number of carbonyl (C=O) groups is 3. The van der Waals surface area contributed by atoms with Crippen molar-refractivity contribution in [1.82, 2.24) is 0 Å². The Kier molecular flexibility index (Phi) is 3.44. The van der Waals surface area contributed by atoms with Crippen molar-refractivity contribution >= 4 is 34.1 Å². The van der Waals surface area contributed by atoms with E-state index in [0.29, 0.717) is 29.8 Å². The average Bonchev–Trinajstić information content (AvgIpc) is 3.19. The van der Waals surface area contributed by atoms with Crippen molar-refractivity contribution in [2.75, 3.05) is 5.32 Å². The average molecular weight is 308 g/mol. The van der Waals surface area contributed by atoms with Crippen molar-refractivity contribution in [3.8, 4) is 0 Å². The lowest BCUT2D eigenvalue weighted by Gasteiger charge is -2.18. The maximum Gasteiger partial charge on any atom is 0.306 e. The number of rotatable bonds is 4. The van der Waals surface area contributed by atoms with Crippen LogP contribution in [0.15, 0.2) is 0 Å². The second kappa shape index (κ2) is 5.14. The van der Waals surface area contributed by atoms with E-state index < -0.39 is 17.8 Å². The van der Waals surface area contributed by atoms with E-state index in [-0.39, 0.29) is 11.8 Å². The standard InChI is InChI=1S/C14H16N2O4S/c15-11(17)10-8-4-3-7(14(19)20)5-9(8)21-13(10)16-12(18)6-1-2-6/h6-7H,1-5H2,(H2,15,17)(H,16,18)(H,19,20). The molecule has 0 bridgehead atoms. The molecular weight excluding hydrogens is 292 g/mol. The molecule has 1 atom stereocenters. The van der Waals surface area contributed by atoms with Crippen LogP contribution in [0.5, 0.6) is 0 Å². The highest BCUT2D eigenvalue weighted by Crippen LogP contribution is 2.40. The van der Waals surface area contributed by atoms with E-state index in [1.807, 2.05) is 0 Å². The summed E-state index contributed by atoms with van der Waals surface area (Å²) >= 11 is 1.29. The van der Waals surface area contributed by atoms with Gasteiger partial charge in [0.05, 0.1) is 11.5 Å². The summed E-state index contributed by atoms with van der Waals surface area (Å²) < 4.78 is 0. The van der Waals surface area contributed by atoms with E-state index in [1.54, 1.807) is 0 Å². The monoisotopic (exact) mass is 308 g/mol. The van der Waals surface area contributed by atoms with Gasteiger partial charge in [-0.1, -0.05) is 0 Å². The highest BCUT2D eigenvalue weighted by molar-refractivity contribution is 7.17. The van der Waals surface area contributed by atoms with E-state index in [1.165, 1.54) is 11.3 Å². The molecule has 1 saturated carbocycles. The Hall–Kier alpha value is -1.89. The highest BCUT2D eigenvalue weighted by Gasteiger charge is 2.34. The number of nitrogens with two attached hydrogens (primary N) is 1. The van der Waals surface area contributed by atoms with Crippen LogP contribution in [0, 0.1) is 11.8 Å². The summed E-state index contributed by atoms with van der Waals surface area (Å²) in [5, 5.41) is 12.4. The van der Waals surface area contributed by atoms with Gasteiger partial charge in [-0.25, -0.2) is 0 Å². The van der Waals surface area contributed by atoms with Gasteiger partial charge >= 0.3 is 5.97 Å². The maximum atomic E-state index is 11.9. The zero-order valence-corrected chi connectivity index (χ0v) is 12.2. The summed E-state index contributed by atoms with van der Waals surface area (Å²) in [5.74, 6) is -1.85. The third-order valence-corrected chi connectivity index (χ3v) is 5.22. The highest BCUT2D eigenvalue weighted by atomic mass is 32.1. The smallest absolute Gasteiger partial charge is 0.306 e. The summed E-state index contributed by atoms with van der Waals surface area (Å²) in [4.78, 5) is 35.5. The first-order valence-corrected chi connectivity index (χ1v) is 7.77. The van der Waals surface area contributed by atoms with Gasteiger partial charge in [0, 0.05) is 10.8 Å². The number of carboxylic acid groups (broad SMARTS) is 1. The zero-order chi connectivity index (χ0) is 15.1. The molecule has 1 heterocycles. The minimum absolute atomic E-state index is 0.0385. The van der Waals surface area contributed by atoms with Gasteiger partial charge in [-0.15, -0.1) is 11.3 Å². The predicted octanol–water partition coefficient (Wildman–Crippen LogP) is 1.38. The normalized spacial score (nSPS) is 20.7. The fourth-order valence-electron chi connectivity index (χ4n) is 2.70. The number of carboxylic acids is 1. The molecule has 21 heavy (non-hydrogen) atoms. The molecule has 0 aromatic carbocycles. The number of thiophene rings is 1. The summed E-state index contributed by atoms with van der Waals surface area (Å²) in [6.07, 6.45) is 3.17. The lowest BCUT2D eigenvalue weighted by molar-refractivity contribution is -0.142. The van der Waals surface area contributed by atoms with Crippen LogP contribution in [0.2, 0.25) is 0 Å². The summed E-state index contributed by atoms with van der Waals surface area (Å²) in [7, 11) is 0. The fourth-order valence-corrected chi connectivity index (χ4v) is 4.04. The first-order chi connectivity index (χ1) is 9.97. The van der Waals surface area contributed by atoms with Gasteiger partial charge in [-0.3, -0.25) is 14.4 Å². The topological polar surface area (TPSA) is 109 Å². The van der Waals surface area contributed by atoms with Crippen molar-refractivity contribution in [3.05, 3.63) is 16.0 Å². The first kappa shape index (κ1) is 14.1. The Balaban J connectivity index is 1.91. The number of amides is 2. The number of primary amides is 1. The van der Waals surface area contributed by atoms with Crippen LogP contribution in [-0.4, -0.2) is 22.9 Å². The van der Waals surface area contributed by atoms with Crippen molar-refractivity contribution < 1.29 is 19.5 Å². The van der Waals surface area contributed by atoms with Crippen LogP contribution < -0.4 is 11.1 Å². The molecule has 2 aliphatic rings. The molecule has 0 spiro atoms. The molecule has 0 radical (unpaired) electrons. The molecule has 6 nitrogen and oxygen atoms in total. The zero-order valence-electron chi connectivity index (χ0n) is 11.3. The van der Waals surface area contributed by atoms with Crippen LogP contribution in [0.3, 0.4) is 0 Å². The molecule has 1 aromatic heterocycles. The number of hydrogen-bond acceptors (Lipinski definition) is 4.